The highest BCUT2D eigenvalue weighted by atomic mass is 16.6. The highest BCUT2D eigenvalue weighted by Crippen LogP contribution is 2.23. The van der Waals surface area contributed by atoms with Gasteiger partial charge in [-0.2, -0.15) is 0 Å². The van der Waals surface area contributed by atoms with Gasteiger partial charge in [0, 0.05) is 5.39 Å². The summed E-state index contributed by atoms with van der Waals surface area (Å²) in [4.78, 5) is 34.0. The molecule has 0 unspecified atom stereocenters. The number of nitrogens with zero attached hydrogens (tertiary/aromatic N) is 2. The Balaban J connectivity index is 1.48. The van der Waals surface area contributed by atoms with E-state index in [1.54, 1.807) is 6.07 Å². The summed E-state index contributed by atoms with van der Waals surface area (Å²) in [6.45, 7) is 0.0238. The lowest BCUT2D eigenvalue weighted by atomic mass is 10.2. The van der Waals surface area contributed by atoms with Crippen LogP contribution in [0.15, 0.2) is 70.1 Å². The van der Waals surface area contributed by atoms with E-state index in [1.807, 2.05) is 48.5 Å². The molecule has 2 heterocycles. The van der Waals surface area contributed by atoms with Crippen LogP contribution in [0.5, 0.6) is 0 Å². The van der Waals surface area contributed by atoms with Gasteiger partial charge in [0.2, 0.25) is 5.58 Å². The fraction of sp³-hybridized carbons (Fsp3) is 0.105. The molecule has 0 saturated heterocycles. The molecule has 0 aliphatic carbocycles. The molecule has 7 nitrogen and oxygen atoms in total. The summed E-state index contributed by atoms with van der Waals surface area (Å²) in [5.74, 6) is -0.458. The molecule has 4 rings (SSSR count). The number of amides is 1. The third-order valence-corrected chi connectivity index (χ3v) is 3.93. The minimum atomic E-state index is -0.458. The highest BCUT2D eigenvalue weighted by Gasteiger charge is 2.14. The standard InChI is InChI=1S/C19H15N3O4/c23-16(21-25-11-13-6-2-1-3-7-13)10-22-12-20-17-14-8-4-5-9-15(14)26-18(17)19(22)24/h1-9,12H,10-11H2,(H,21,23). The zero-order valence-corrected chi connectivity index (χ0v) is 13.7. The fourth-order valence-electron chi connectivity index (χ4n) is 2.69. The van der Waals surface area contributed by atoms with Crippen molar-refractivity contribution in [2.45, 2.75) is 13.2 Å². The Labute approximate surface area is 147 Å². The van der Waals surface area contributed by atoms with Gasteiger partial charge in [-0.25, -0.2) is 10.5 Å². The van der Waals surface area contributed by atoms with Crippen molar-refractivity contribution in [3.8, 4) is 0 Å². The molecule has 0 spiro atoms. The van der Waals surface area contributed by atoms with E-state index in [2.05, 4.69) is 10.5 Å². The van der Waals surface area contributed by atoms with E-state index in [1.165, 1.54) is 10.9 Å². The Morgan fingerprint density at radius 3 is 2.73 bits per heavy atom. The molecule has 2 aromatic heterocycles. The maximum absolute atomic E-state index is 12.5. The molecular weight excluding hydrogens is 334 g/mol. The fourth-order valence-corrected chi connectivity index (χ4v) is 2.69. The van der Waals surface area contributed by atoms with Gasteiger partial charge >= 0.3 is 0 Å². The summed E-state index contributed by atoms with van der Waals surface area (Å²) in [6.07, 6.45) is 1.34. The topological polar surface area (TPSA) is 86.4 Å². The molecule has 0 saturated carbocycles. The number of hydroxylamine groups is 1. The first-order valence-electron chi connectivity index (χ1n) is 8.03. The summed E-state index contributed by atoms with van der Waals surface area (Å²) in [6, 6.07) is 16.7. The van der Waals surface area contributed by atoms with Crippen LogP contribution in [-0.2, 0) is 22.8 Å². The highest BCUT2D eigenvalue weighted by molar-refractivity contribution is 6.01. The summed E-state index contributed by atoms with van der Waals surface area (Å²) in [5, 5.41) is 0.766. The quantitative estimate of drug-likeness (QED) is 0.559. The van der Waals surface area contributed by atoms with E-state index in [4.69, 9.17) is 9.25 Å². The number of hydrogen-bond donors (Lipinski definition) is 1. The van der Waals surface area contributed by atoms with Gasteiger partial charge in [-0.1, -0.05) is 42.5 Å². The molecule has 26 heavy (non-hydrogen) atoms. The molecular formula is C19H15N3O4. The van der Waals surface area contributed by atoms with Gasteiger partial charge < -0.3 is 4.42 Å². The first-order valence-corrected chi connectivity index (χ1v) is 8.03. The van der Waals surface area contributed by atoms with Crippen molar-refractivity contribution in [2.75, 3.05) is 0 Å². The van der Waals surface area contributed by atoms with Crippen molar-refractivity contribution in [2.24, 2.45) is 0 Å². The number of carbonyl (C=O) groups excluding carboxylic acids is 1. The summed E-state index contributed by atoms with van der Waals surface area (Å²) in [5.41, 5.74) is 4.04. The van der Waals surface area contributed by atoms with Crippen molar-refractivity contribution < 1.29 is 14.0 Å². The van der Waals surface area contributed by atoms with E-state index >= 15 is 0 Å². The van der Waals surface area contributed by atoms with Crippen molar-refractivity contribution in [3.63, 3.8) is 0 Å². The molecule has 1 amide bonds. The lowest BCUT2D eigenvalue weighted by molar-refractivity contribution is -0.135. The molecule has 2 aromatic carbocycles. The second kappa shape index (κ2) is 6.81. The molecule has 0 radical (unpaired) electrons. The number of aromatic nitrogens is 2. The Kier molecular flexibility index (Phi) is 4.20. The number of hydrogen-bond acceptors (Lipinski definition) is 5. The zero-order chi connectivity index (χ0) is 17.9. The van der Waals surface area contributed by atoms with Crippen LogP contribution in [0.2, 0.25) is 0 Å². The molecule has 0 bridgehead atoms. The van der Waals surface area contributed by atoms with Gasteiger partial charge in [0.05, 0.1) is 12.9 Å². The Bertz CT molecular complexity index is 1130. The van der Waals surface area contributed by atoms with Gasteiger partial charge in [-0.15, -0.1) is 0 Å². The lowest BCUT2D eigenvalue weighted by Gasteiger charge is -2.07. The number of benzene rings is 2. The van der Waals surface area contributed by atoms with Crippen molar-refractivity contribution in [1.82, 2.24) is 15.0 Å². The number of fused-ring (bicyclic) bond motifs is 3. The first kappa shape index (κ1) is 16.0. The minimum Gasteiger partial charge on any atom is -0.448 e. The minimum absolute atomic E-state index is 0.131. The van der Waals surface area contributed by atoms with Crippen LogP contribution in [0, 0.1) is 0 Å². The van der Waals surface area contributed by atoms with Crippen LogP contribution >= 0.6 is 0 Å². The molecule has 7 heteroatoms. The van der Waals surface area contributed by atoms with Crippen molar-refractivity contribution in [3.05, 3.63) is 76.8 Å². The third kappa shape index (κ3) is 3.07. The zero-order valence-electron chi connectivity index (χ0n) is 13.7. The maximum Gasteiger partial charge on any atom is 0.297 e. The van der Waals surface area contributed by atoms with Gasteiger partial charge in [0.25, 0.3) is 11.5 Å². The van der Waals surface area contributed by atoms with Gasteiger partial charge in [0.1, 0.15) is 17.6 Å². The van der Waals surface area contributed by atoms with Crippen LogP contribution in [0.3, 0.4) is 0 Å². The average molecular weight is 349 g/mol. The summed E-state index contributed by atoms with van der Waals surface area (Å²) >= 11 is 0. The molecule has 0 aliphatic rings. The lowest BCUT2D eigenvalue weighted by Crippen LogP contribution is -2.32. The van der Waals surface area contributed by atoms with Crippen LogP contribution < -0.4 is 11.0 Å². The predicted octanol–water partition coefficient (Wildman–Crippen LogP) is 2.39. The molecule has 1 N–H and O–H groups in total. The molecule has 4 aromatic rings. The average Bonchev–Trinajstić information content (AvgIpc) is 3.04. The molecule has 0 aliphatic heterocycles. The molecule has 130 valence electrons. The number of rotatable bonds is 5. The van der Waals surface area contributed by atoms with Crippen molar-refractivity contribution >= 4 is 28.0 Å². The molecule has 0 fully saturated rings. The van der Waals surface area contributed by atoms with Crippen LogP contribution in [0.25, 0.3) is 22.1 Å². The predicted molar refractivity (Wildman–Crippen MR) is 95.1 cm³/mol. The van der Waals surface area contributed by atoms with E-state index in [0.29, 0.717) is 11.1 Å². The summed E-state index contributed by atoms with van der Waals surface area (Å²) < 4.78 is 6.77. The normalized spacial score (nSPS) is 11.1. The van der Waals surface area contributed by atoms with E-state index < -0.39 is 11.5 Å². The second-order valence-electron chi connectivity index (χ2n) is 5.75. The number of nitrogens with one attached hydrogen (secondary N) is 1. The van der Waals surface area contributed by atoms with E-state index in [0.717, 1.165) is 10.9 Å². The van der Waals surface area contributed by atoms with E-state index in [-0.39, 0.29) is 18.7 Å². The SMILES string of the molecule is O=C(Cn1cnc2c(oc3ccccc32)c1=O)NOCc1ccccc1. The maximum atomic E-state index is 12.5. The van der Waals surface area contributed by atoms with Crippen molar-refractivity contribution in [1.29, 1.82) is 0 Å². The Morgan fingerprint density at radius 1 is 1.12 bits per heavy atom. The Morgan fingerprint density at radius 2 is 1.88 bits per heavy atom. The van der Waals surface area contributed by atoms with Gasteiger partial charge in [0.15, 0.2) is 0 Å². The van der Waals surface area contributed by atoms with Crippen LogP contribution in [-0.4, -0.2) is 15.5 Å². The second-order valence-corrected chi connectivity index (χ2v) is 5.75. The molecule has 0 atom stereocenters. The number of carbonyl (C=O) groups is 1. The van der Waals surface area contributed by atoms with Crippen LogP contribution in [0.1, 0.15) is 5.56 Å². The first-order chi connectivity index (χ1) is 12.7. The third-order valence-electron chi connectivity index (χ3n) is 3.93. The number of para-hydroxylation sites is 1. The summed E-state index contributed by atoms with van der Waals surface area (Å²) in [7, 11) is 0. The monoisotopic (exact) mass is 349 g/mol. The van der Waals surface area contributed by atoms with E-state index in [9.17, 15) is 9.59 Å². The number of furan rings is 1. The van der Waals surface area contributed by atoms with Gasteiger partial charge in [-0.3, -0.25) is 19.0 Å². The Hall–Kier alpha value is -3.45. The smallest absolute Gasteiger partial charge is 0.297 e. The van der Waals surface area contributed by atoms with Gasteiger partial charge in [-0.05, 0) is 17.7 Å². The van der Waals surface area contributed by atoms with Crippen LogP contribution in [0.4, 0.5) is 0 Å². The largest absolute Gasteiger partial charge is 0.448 e.